The highest BCUT2D eigenvalue weighted by Crippen LogP contribution is 2.19. The summed E-state index contributed by atoms with van der Waals surface area (Å²) in [5, 5.41) is 9.93. The zero-order chi connectivity index (χ0) is 18.9. The minimum atomic E-state index is 0.140. The number of rotatable bonds is 6. The molecule has 0 spiro atoms. The van der Waals surface area contributed by atoms with E-state index < -0.39 is 0 Å². The Hall–Kier alpha value is -2.24. The van der Waals surface area contributed by atoms with Crippen molar-refractivity contribution in [3.63, 3.8) is 0 Å². The lowest BCUT2D eigenvalue weighted by atomic mass is 9.95. The molecular formula is C21H33N5O. The quantitative estimate of drug-likeness (QED) is 0.530. The van der Waals surface area contributed by atoms with E-state index in [2.05, 4.69) is 50.1 Å². The van der Waals surface area contributed by atoms with E-state index in [-0.39, 0.29) is 5.91 Å². The van der Waals surface area contributed by atoms with E-state index in [1.165, 1.54) is 24.9 Å². The summed E-state index contributed by atoms with van der Waals surface area (Å²) in [4.78, 5) is 18.8. The topological polar surface area (TPSA) is 68.8 Å². The van der Waals surface area contributed by atoms with Crippen LogP contribution in [-0.4, -0.2) is 50.6 Å². The molecule has 6 heteroatoms. The molecule has 148 valence electrons. The van der Waals surface area contributed by atoms with Crippen LogP contribution in [0.3, 0.4) is 0 Å². The summed E-state index contributed by atoms with van der Waals surface area (Å²) in [6.45, 7) is 2.61. The molecule has 2 fully saturated rings. The van der Waals surface area contributed by atoms with Gasteiger partial charge in [-0.1, -0.05) is 37.5 Å². The number of carbonyl (C=O) groups is 1. The summed E-state index contributed by atoms with van der Waals surface area (Å²) in [5.74, 6) is 0.918. The number of anilines is 1. The molecule has 1 aliphatic heterocycles. The van der Waals surface area contributed by atoms with Crippen LogP contribution in [-0.2, 0) is 4.79 Å². The molecular weight excluding hydrogens is 338 g/mol. The zero-order valence-electron chi connectivity index (χ0n) is 16.4. The van der Waals surface area contributed by atoms with Crippen LogP contribution >= 0.6 is 0 Å². The van der Waals surface area contributed by atoms with Crippen LogP contribution in [0.15, 0.2) is 35.3 Å². The summed E-state index contributed by atoms with van der Waals surface area (Å²) < 4.78 is 0. The maximum atomic E-state index is 12.1. The van der Waals surface area contributed by atoms with Crippen LogP contribution in [0.5, 0.6) is 0 Å². The van der Waals surface area contributed by atoms with E-state index in [0.29, 0.717) is 25.0 Å². The van der Waals surface area contributed by atoms with Crippen LogP contribution in [0.2, 0.25) is 0 Å². The van der Waals surface area contributed by atoms with Crippen molar-refractivity contribution < 1.29 is 4.79 Å². The van der Waals surface area contributed by atoms with Crippen LogP contribution in [0.4, 0.5) is 5.69 Å². The Labute approximate surface area is 162 Å². The maximum absolute atomic E-state index is 12.1. The first-order valence-electron chi connectivity index (χ1n) is 10.3. The summed E-state index contributed by atoms with van der Waals surface area (Å²) in [6.07, 6.45) is 7.60. The van der Waals surface area contributed by atoms with Crippen LogP contribution in [0, 0.1) is 0 Å². The molecule has 1 heterocycles. The SMILES string of the molecule is CN=C(NCCC(=O)NC1CCCCC1)NC1CCN(c2ccccc2)C1. The number of para-hydroxylation sites is 1. The molecule has 1 aliphatic carbocycles. The van der Waals surface area contributed by atoms with Gasteiger partial charge in [0, 0.05) is 50.9 Å². The Bertz CT molecular complexity index is 612. The minimum absolute atomic E-state index is 0.140. The minimum Gasteiger partial charge on any atom is -0.369 e. The molecule has 1 unspecified atom stereocenters. The van der Waals surface area contributed by atoms with Crippen LogP contribution < -0.4 is 20.9 Å². The van der Waals surface area contributed by atoms with E-state index in [4.69, 9.17) is 0 Å². The maximum Gasteiger partial charge on any atom is 0.221 e. The van der Waals surface area contributed by atoms with Crippen molar-refractivity contribution in [2.75, 3.05) is 31.6 Å². The first kappa shape index (κ1) is 19.5. The lowest BCUT2D eigenvalue weighted by Gasteiger charge is -2.23. The van der Waals surface area contributed by atoms with Crippen molar-refractivity contribution in [3.8, 4) is 0 Å². The number of guanidine groups is 1. The second-order valence-corrected chi connectivity index (χ2v) is 7.56. The molecule has 1 saturated carbocycles. The molecule has 1 amide bonds. The number of hydrogen-bond donors (Lipinski definition) is 3. The molecule has 3 rings (SSSR count). The number of nitrogens with one attached hydrogen (secondary N) is 3. The van der Waals surface area contributed by atoms with Crippen LogP contribution in [0.1, 0.15) is 44.9 Å². The molecule has 6 nitrogen and oxygen atoms in total. The van der Waals surface area contributed by atoms with Crippen molar-refractivity contribution in [1.29, 1.82) is 0 Å². The number of benzene rings is 1. The van der Waals surface area contributed by atoms with Gasteiger partial charge in [0.2, 0.25) is 5.91 Å². The number of aliphatic imine (C=N–C) groups is 1. The highest BCUT2D eigenvalue weighted by molar-refractivity contribution is 5.81. The fourth-order valence-corrected chi connectivity index (χ4v) is 3.98. The Balaban J connectivity index is 1.35. The van der Waals surface area contributed by atoms with Gasteiger partial charge < -0.3 is 20.9 Å². The van der Waals surface area contributed by atoms with E-state index in [1.807, 2.05) is 6.07 Å². The van der Waals surface area contributed by atoms with Gasteiger partial charge in [-0.05, 0) is 31.4 Å². The highest BCUT2D eigenvalue weighted by Gasteiger charge is 2.23. The second kappa shape index (κ2) is 10.2. The van der Waals surface area contributed by atoms with Crippen molar-refractivity contribution in [2.45, 2.75) is 57.0 Å². The van der Waals surface area contributed by atoms with Gasteiger partial charge in [0.05, 0.1) is 0 Å². The Morgan fingerprint density at radius 2 is 1.85 bits per heavy atom. The highest BCUT2D eigenvalue weighted by atomic mass is 16.1. The average molecular weight is 372 g/mol. The molecule has 1 atom stereocenters. The third-order valence-electron chi connectivity index (χ3n) is 5.49. The van der Waals surface area contributed by atoms with Gasteiger partial charge in [-0.2, -0.15) is 0 Å². The molecule has 0 aromatic heterocycles. The number of carbonyl (C=O) groups excluding carboxylic acids is 1. The zero-order valence-corrected chi connectivity index (χ0v) is 16.4. The molecule has 1 saturated heterocycles. The predicted octanol–water partition coefficient (Wildman–Crippen LogP) is 2.27. The van der Waals surface area contributed by atoms with Crippen molar-refractivity contribution in [2.24, 2.45) is 4.99 Å². The Kier molecular flexibility index (Phi) is 7.36. The monoisotopic (exact) mass is 371 g/mol. The van der Waals surface area contributed by atoms with E-state index in [9.17, 15) is 4.79 Å². The third-order valence-corrected chi connectivity index (χ3v) is 5.49. The smallest absolute Gasteiger partial charge is 0.221 e. The van der Waals surface area contributed by atoms with Gasteiger partial charge in [-0.3, -0.25) is 9.79 Å². The fraction of sp³-hybridized carbons (Fsp3) is 0.619. The second-order valence-electron chi connectivity index (χ2n) is 7.56. The summed E-state index contributed by atoms with van der Waals surface area (Å²) in [5.41, 5.74) is 1.27. The Morgan fingerprint density at radius 1 is 1.07 bits per heavy atom. The van der Waals surface area contributed by atoms with E-state index in [0.717, 1.165) is 38.3 Å². The van der Waals surface area contributed by atoms with Gasteiger partial charge in [-0.25, -0.2) is 0 Å². The van der Waals surface area contributed by atoms with Crippen molar-refractivity contribution >= 4 is 17.6 Å². The Morgan fingerprint density at radius 3 is 2.59 bits per heavy atom. The lowest BCUT2D eigenvalue weighted by Crippen LogP contribution is -2.46. The van der Waals surface area contributed by atoms with E-state index in [1.54, 1.807) is 7.05 Å². The van der Waals surface area contributed by atoms with Gasteiger partial charge in [0.15, 0.2) is 5.96 Å². The van der Waals surface area contributed by atoms with E-state index >= 15 is 0 Å². The summed E-state index contributed by atoms with van der Waals surface area (Å²) in [6, 6.07) is 11.3. The van der Waals surface area contributed by atoms with Gasteiger partial charge >= 0.3 is 0 Å². The van der Waals surface area contributed by atoms with Gasteiger partial charge in [0.1, 0.15) is 0 Å². The molecule has 1 aromatic rings. The standard InChI is InChI=1S/C21H33N5O/c1-22-21(23-14-12-20(27)24-17-8-4-2-5-9-17)25-18-13-15-26(16-18)19-10-6-3-7-11-19/h3,6-7,10-11,17-18H,2,4-5,8-9,12-16H2,1H3,(H,24,27)(H2,22,23,25). The number of hydrogen-bond acceptors (Lipinski definition) is 3. The molecule has 1 aromatic carbocycles. The molecule has 2 aliphatic rings. The number of nitrogens with zero attached hydrogens (tertiary/aromatic N) is 2. The first-order valence-corrected chi connectivity index (χ1v) is 10.3. The first-order chi connectivity index (χ1) is 13.2. The molecule has 0 bridgehead atoms. The van der Waals surface area contributed by atoms with Gasteiger partial charge in [0.25, 0.3) is 0 Å². The molecule has 3 N–H and O–H groups in total. The lowest BCUT2D eigenvalue weighted by molar-refractivity contribution is -0.121. The largest absolute Gasteiger partial charge is 0.369 e. The fourth-order valence-electron chi connectivity index (χ4n) is 3.98. The summed E-state index contributed by atoms with van der Waals surface area (Å²) in [7, 11) is 1.78. The van der Waals surface area contributed by atoms with Gasteiger partial charge in [-0.15, -0.1) is 0 Å². The normalized spacial score (nSPS) is 21.1. The average Bonchev–Trinajstić information content (AvgIpc) is 3.17. The molecule has 27 heavy (non-hydrogen) atoms. The van der Waals surface area contributed by atoms with Crippen molar-refractivity contribution in [1.82, 2.24) is 16.0 Å². The summed E-state index contributed by atoms with van der Waals surface area (Å²) >= 11 is 0. The predicted molar refractivity (Wildman–Crippen MR) is 111 cm³/mol. The number of amides is 1. The molecule has 0 radical (unpaired) electrons. The van der Waals surface area contributed by atoms with Crippen LogP contribution in [0.25, 0.3) is 0 Å². The third kappa shape index (κ3) is 6.15. The van der Waals surface area contributed by atoms with Crippen molar-refractivity contribution in [3.05, 3.63) is 30.3 Å².